The maximum Gasteiger partial charge on any atom is 0.244 e. The Kier molecular flexibility index (Phi) is 5.33. The van der Waals surface area contributed by atoms with Crippen LogP contribution in [-0.2, 0) is 10.0 Å². The minimum atomic E-state index is -3.52. The van der Waals surface area contributed by atoms with Crippen molar-refractivity contribution < 1.29 is 8.42 Å². The number of sulfonamides is 1. The summed E-state index contributed by atoms with van der Waals surface area (Å²) in [5.74, 6) is 7.49. The van der Waals surface area contributed by atoms with Crippen LogP contribution in [0.3, 0.4) is 0 Å². The second-order valence-corrected chi connectivity index (χ2v) is 8.16. The molecule has 1 saturated heterocycles. The van der Waals surface area contributed by atoms with E-state index >= 15 is 0 Å². The summed E-state index contributed by atoms with van der Waals surface area (Å²) < 4.78 is 27.2. The van der Waals surface area contributed by atoms with E-state index in [1.54, 1.807) is 37.0 Å². The SMILES string of the molecule is Cc1ccc(S(=O)(=O)N(C)C2CCSC2)c(C#CCN)c1. The fraction of sp³-hybridized carbons (Fsp3) is 0.467. The molecule has 0 bridgehead atoms. The number of benzene rings is 1. The Morgan fingerprint density at radius 3 is 2.86 bits per heavy atom. The second kappa shape index (κ2) is 6.84. The van der Waals surface area contributed by atoms with Gasteiger partial charge in [0.05, 0.1) is 11.4 Å². The summed E-state index contributed by atoms with van der Waals surface area (Å²) in [5.41, 5.74) is 6.90. The lowest BCUT2D eigenvalue weighted by Gasteiger charge is -2.23. The van der Waals surface area contributed by atoms with Crippen LogP contribution in [-0.4, -0.2) is 43.9 Å². The van der Waals surface area contributed by atoms with Crippen LogP contribution in [0.25, 0.3) is 0 Å². The largest absolute Gasteiger partial charge is 0.320 e. The van der Waals surface area contributed by atoms with Crippen LogP contribution in [0, 0.1) is 18.8 Å². The molecule has 6 heteroatoms. The lowest BCUT2D eigenvalue weighted by Crippen LogP contribution is -2.37. The highest BCUT2D eigenvalue weighted by Crippen LogP contribution is 2.27. The van der Waals surface area contributed by atoms with Crippen LogP contribution in [0.2, 0.25) is 0 Å². The Bertz CT molecular complexity index is 669. The number of aryl methyl sites for hydroxylation is 1. The van der Waals surface area contributed by atoms with E-state index in [0.717, 1.165) is 23.5 Å². The molecule has 21 heavy (non-hydrogen) atoms. The number of hydrogen-bond acceptors (Lipinski definition) is 4. The minimum Gasteiger partial charge on any atom is -0.320 e. The van der Waals surface area contributed by atoms with Gasteiger partial charge in [0.1, 0.15) is 0 Å². The molecule has 1 unspecified atom stereocenters. The summed E-state index contributed by atoms with van der Waals surface area (Å²) in [4.78, 5) is 0.272. The Hall–Kier alpha value is -1.00. The lowest BCUT2D eigenvalue weighted by molar-refractivity contribution is 0.394. The maximum atomic E-state index is 12.8. The van der Waals surface area contributed by atoms with Gasteiger partial charge in [-0.15, -0.1) is 0 Å². The molecular formula is C15H20N2O2S2. The van der Waals surface area contributed by atoms with Gasteiger partial charge in [0.2, 0.25) is 10.0 Å². The van der Waals surface area contributed by atoms with Gasteiger partial charge in [0.25, 0.3) is 0 Å². The average Bonchev–Trinajstić information content (AvgIpc) is 2.98. The fourth-order valence-corrected chi connectivity index (χ4v) is 5.15. The molecule has 0 radical (unpaired) electrons. The Morgan fingerprint density at radius 2 is 2.24 bits per heavy atom. The first kappa shape index (κ1) is 16.4. The van der Waals surface area contributed by atoms with Crippen LogP contribution < -0.4 is 5.73 Å². The van der Waals surface area contributed by atoms with E-state index in [4.69, 9.17) is 5.73 Å². The third kappa shape index (κ3) is 3.61. The van der Waals surface area contributed by atoms with Gasteiger partial charge in [0, 0.05) is 24.4 Å². The van der Waals surface area contributed by atoms with Gasteiger partial charge in [-0.3, -0.25) is 0 Å². The zero-order valence-corrected chi connectivity index (χ0v) is 13.9. The van der Waals surface area contributed by atoms with Crippen molar-refractivity contribution in [2.75, 3.05) is 25.1 Å². The highest BCUT2D eigenvalue weighted by molar-refractivity contribution is 7.99. The molecule has 1 atom stereocenters. The van der Waals surface area contributed by atoms with Crippen molar-refractivity contribution in [1.29, 1.82) is 0 Å². The van der Waals surface area contributed by atoms with E-state index in [0.29, 0.717) is 5.56 Å². The summed E-state index contributed by atoms with van der Waals surface area (Å²) in [5, 5.41) is 0. The average molecular weight is 324 g/mol. The van der Waals surface area contributed by atoms with Gasteiger partial charge in [-0.05, 0) is 36.8 Å². The first-order chi connectivity index (χ1) is 9.96. The van der Waals surface area contributed by atoms with Crippen molar-refractivity contribution in [2.24, 2.45) is 5.73 Å². The van der Waals surface area contributed by atoms with Gasteiger partial charge in [-0.1, -0.05) is 17.9 Å². The van der Waals surface area contributed by atoms with Crippen LogP contribution in [0.5, 0.6) is 0 Å². The zero-order valence-electron chi connectivity index (χ0n) is 12.3. The number of hydrogen-bond donors (Lipinski definition) is 1. The molecule has 1 fully saturated rings. The van der Waals surface area contributed by atoms with Crippen LogP contribution >= 0.6 is 11.8 Å². The molecule has 2 N–H and O–H groups in total. The first-order valence-electron chi connectivity index (χ1n) is 6.82. The van der Waals surface area contributed by atoms with E-state index in [-0.39, 0.29) is 17.5 Å². The molecule has 1 aromatic carbocycles. The molecular weight excluding hydrogens is 304 g/mol. The Balaban J connectivity index is 2.43. The summed E-state index contributed by atoms with van der Waals surface area (Å²) in [6.07, 6.45) is 0.899. The third-order valence-corrected chi connectivity index (χ3v) is 6.65. The van der Waals surface area contributed by atoms with Crippen LogP contribution in [0.15, 0.2) is 23.1 Å². The molecule has 114 valence electrons. The summed E-state index contributed by atoms with van der Waals surface area (Å²) in [6.45, 7) is 2.13. The molecule has 0 aliphatic carbocycles. The second-order valence-electron chi connectivity index (χ2n) is 5.04. The fourth-order valence-electron chi connectivity index (χ4n) is 2.27. The van der Waals surface area contributed by atoms with Gasteiger partial charge in [-0.2, -0.15) is 16.1 Å². The number of thioether (sulfide) groups is 1. The van der Waals surface area contributed by atoms with Crippen molar-refractivity contribution >= 4 is 21.8 Å². The van der Waals surface area contributed by atoms with E-state index in [1.165, 1.54) is 4.31 Å². The molecule has 0 aromatic heterocycles. The predicted molar refractivity (Wildman–Crippen MR) is 87.8 cm³/mol. The Labute approximate surface area is 131 Å². The quantitative estimate of drug-likeness (QED) is 0.855. The highest BCUT2D eigenvalue weighted by atomic mass is 32.2. The van der Waals surface area contributed by atoms with Crippen molar-refractivity contribution in [3.8, 4) is 11.8 Å². The molecule has 0 amide bonds. The molecule has 1 aromatic rings. The highest BCUT2D eigenvalue weighted by Gasteiger charge is 2.31. The van der Waals surface area contributed by atoms with Gasteiger partial charge >= 0.3 is 0 Å². The van der Waals surface area contributed by atoms with E-state index in [9.17, 15) is 8.42 Å². The number of rotatable bonds is 3. The topological polar surface area (TPSA) is 63.4 Å². The third-order valence-electron chi connectivity index (χ3n) is 3.54. The number of nitrogens with zero attached hydrogens (tertiary/aromatic N) is 1. The van der Waals surface area contributed by atoms with Crippen molar-refractivity contribution in [1.82, 2.24) is 4.31 Å². The van der Waals surface area contributed by atoms with Crippen molar-refractivity contribution in [3.05, 3.63) is 29.3 Å². The standard InChI is InChI=1S/C15H20N2O2S2/c1-12-5-6-15(13(10-12)4-3-8-16)21(18,19)17(2)14-7-9-20-11-14/h5-6,10,14H,7-9,11,16H2,1-2H3. The normalized spacial score (nSPS) is 18.6. The number of nitrogens with two attached hydrogens (primary N) is 1. The molecule has 1 heterocycles. The zero-order chi connectivity index (χ0) is 15.5. The minimum absolute atomic E-state index is 0.0663. The van der Waals surface area contributed by atoms with E-state index in [2.05, 4.69) is 11.8 Å². The molecule has 1 aliphatic rings. The molecule has 4 nitrogen and oxygen atoms in total. The van der Waals surface area contributed by atoms with Gasteiger partial charge in [0.15, 0.2) is 0 Å². The smallest absolute Gasteiger partial charge is 0.244 e. The molecule has 0 saturated carbocycles. The van der Waals surface area contributed by atoms with E-state index in [1.807, 2.05) is 6.92 Å². The lowest BCUT2D eigenvalue weighted by atomic mass is 10.1. The summed E-state index contributed by atoms with van der Waals surface area (Å²) >= 11 is 1.79. The van der Waals surface area contributed by atoms with Crippen molar-refractivity contribution in [2.45, 2.75) is 24.3 Å². The molecule has 1 aliphatic heterocycles. The molecule has 0 spiro atoms. The Morgan fingerprint density at radius 1 is 1.48 bits per heavy atom. The van der Waals surface area contributed by atoms with Crippen LogP contribution in [0.1, 0.15) is 17.5 Å². The first-order valence-corrected chi connectivity index (χ1v) is 9.41. The van der Waals surface area contributed by atoms with E-state index < -0.39 is 10.0 Å². The van der Waals surface area contributed by atoms with Crippen LogP contribution in [0.4, 0.5) is 0 Å². The predicted octanol–water partition coefficient (Wildman–Crippen LogP) is 1.43. The molecule has 2 rings (SSSR count). The summed E-state index contributed by atoms with van der Waals surface area (Å²) in [6, 6.07) is 5.31. The monoisotopic (exact) mass is 324 g/mol. The summed E-state index contributed by atoms with van der Waals surface area (Å²) in [7, 11) is -1.86. The maximum absolute atomic E-state index is 12.8. The van der Waals surface area contributed by atoms with Crippen molar-refractivity contribution in [3.63, 3.8) is 0 Å². The van der Waals surface area contributed by atoms with Gasteiger partial charge < -0.3 is 5.73 Å². The van der Waals surface area contributed by atoms with Gasteiger partial charge in [-0.25, -0.2) is 8.42 Å².